The maximum Gasteiger partial charge on any atom is 0.123 e. The van der Waals surface area contributed by atoms with Gasteiger partial charge in [-0.2, -0.15) is 0 Å². The first-order chi connectivity index (χ1) is 6.45. The standard InChI is InChI=1S/C9H7N3S/c1-2-7-9(11-3-1)13-6-8-10-4-5-12(7)8/h1-5H,6H2. The molecule has 1 aliphatic rings. The van der Waals surface area contributed by atoms with Gasteiger partial charge in [0.05, 0.1) is 11.4 Å². The van der Waals surface area contributed by atoms with Gasteiger partial charge in [0.2, 0.25) is 0 Å². The van der Waals surface area contributed by atoms with E-state index in [0.29, 0.717) is 0 Å². The number of hydrogen-bond donors (Lipinski definition) is 0. The minimum atomic E-state index is 0.914. The van der Waals surface area contributed by atoms with Crippen LogP contribution in [-0.4, -0.2) is 14.5 Å². The highest BCUT2D eigenvalue weighted by Crippen LogP contribution is 2.31. The van der Waals surface area contributed by atoms with Gasteiger partial charge in [-0.1, -0.05) is 11.8 Å². The summed E-state index contributed by atoms with van der Waals surface area (Å²) in [7, 11) is 0. The molecule has 3 heterocycles. The fourth-order valence-electron chi connectivity index (χ4n) is 1.47. The molecule has 0 fully saturated rings. The number of nitrogens with zero attached hydrogens (tertiary/aromatic N) is 3. The number of aromatic nitrogens is 3. The maximum absolute atomic E-state index is 4.31. The van der Waals surface area contributed by atoms with Gasteiger partial charge in [0.25, 0.3) is 0 Å². The van der Waals surface area contributed by atoms with Crippen LogP contribution in [-0.2, 0) is 5.75 Å². The fraction of sp³-hybridized carbons (Fsp3) is 0.111. The Morgan fingerprint density at radius 3 is 3.31 bits per heavy atom. The summed E-state index contributed by atoms with van der Waals surface area (Å²) in [4.78, 5) is 8.58. The van der Waals surface area contributed by atoms with Crippen molar-refractivity contribution in [2.75, 3.05) is 0 Å². The predicted octanol–water partition coefficient (Wildman–Crippen LogP) is 1.87. The normalized spacial score (nSPS) is 13.5. The zero-order chi connectivity index (χ0) is 8.67. The molecule has 0 unspecified atom stereocenters. The fourth-order valence-corrected chi connectivity index (χ4v) is 2.40. The molecular weight excluding hydrogens is 182 g/mol. The molecule has 0 aliphatic carbocycles. The molecule has 2 aromatic rings. The van der Waals surface area contributed by atoms with E-state index < -0.39 is 0 Å². The summed E-state index contributed by atoms with van der Waals surface area (Å²) in [5.74, 6) is 2.02. The van der Waals surface area contributed by atoms with Crippen molar-refractivity contribution in [2.24, 2.45) is 0 Å². The first-order valence-electron chi connectivity index (χ1n) is 4.05. The van der Waals surface area contributed by atoms with Gasteiger partial charge in [-0.25, -0.2) is 9.97 Å². The third-order valence-electron chi connectivity index (χ3n) is 2.07. The molecule has 2 aromatic heterocycles. The molecule has 0 bridgehead atoms. The molecule has 0 amide bonds. The first-order valence-corrected chi connectivity index (χ1v) is 5.04. The number of rotatable bonds is 0. The summed E-state index contributed by atoms with van der Waals surface area (Å²) in [6.07, 6.45) is 5.64. The van der Waals surface area contributed by atoms with Crippen LogP contribution in [0.15, 0.2) is 35.7 Å². The smallest absolute Gasteiger partial charge is 0.123 e. The lowest BCUT2D eigenvalue weighted by Crippen LogP contribution is -2.06. The van der Waals surface area contributed by atoms with E-state index in [1.165, 1.54) is 0 Å². The van der Waals surface area contributed by atoms with Gasteiger partial charge in [0.15, 0.2) is 0 Å². The number of pyridine rings is 1. The molecule has 0 atom stereocenters. The van der Waals surface area contributed by atoms with Gasteiger partial charge in [0.1, 0.15) is 10.9 Å². The molecule has 3 rings (SSSR count). The van der Waals surface area contributed by atoms with E-state index in [4.69, 9.17) is 0 Å². The predicted molar refractivity (Wildman–Crippen MR) is 50.9 cm³/mol. The van der Waals surface area contributed by atoms with E-state index in [9.17, 15) is 0 Å². The van der Waals surface area contributed by atoms with Crippen LogP contribution in [0.3, 0.4) is 0 Å². The maximum atomic E-state index is 4.31. The van der Waals surface area contributed by atoms with E-state index in [0.717, 1.165) is 22.3 Å². The third kappa shape index (κ3) is 0.986. The Kier molecular flexibility index (Phi) is 1.43. The number of hydrogen-bond acceptors (Lipinski definition) is 3. The van der Waals surface area contributed by atoms with Gasteiger partial charge in [0, 0.05) is 18.6 Å². The summed E-state index contributed by atoms with van der Waals surface area (Å²) in [5, 5.41) is 1.09. The molecule has 13 heavy (non-hydrogen) atoms. The highest BCUT2D eigenvalue weighted by molar-refractivity contribution is 7.98. The van der Waals surface area contributed by atoms with Crippen LogP contribution in [0.5, 0.6) is 0 Å². The van der Waals surface area contributed by atoms with Gasteiger partial charge in [-0.3, -0.25) is 0 Å². The Morgan fingerprint density at radius 2 is 2.31 bits per heavy atom. The van der Waals surface area contributed by atoms with E-state index in [-0.39, 0.29) is 0 Å². The van der Waals surface area contributed by atoms with Crippen LogP contribution in [0.1, 0.15) is 5.82 Å². The monoisotopic (exact) mass is 189 g/mol. The van der Waals surface area contributed by atoms with Crippen molar-refractivity contribution in [1.29, 1.82) is 0 Å². The van der Waals surface area contributed by atoms with Crippen molar-refractivity contribution in [3.63, 3.8) is 0 Å². The molecule has 0 radical (unpaired) electrons. The van der Waals surface area contributed by atoms with Gasteiger partial charge >= 0.3 is 0 Å². The molecular formula is C9H7N3S. The van der Waals surface area contributed by atoms with E-state index in [1.54, 1.807) is 11.8 Å². The molecule has 4 heteroatoms. The Hall–Kier alpha value is -1.29. The van der Waals surface area contributed by atoms with Gasteiger partial charge in [-0.15, -0.1) is 0 Å². The lowest BCUT2D eigenvalue weighted by Gasteiger charge is -2.15. The molecule has 1 aliphatic heterocycles. The minimum Gasteiger partial charge on any atom is -0.300 e. The first kappa shape index (κ1) is 7.15. The molecule has 0 N–H and O–H groups in total. The second-order valence-electron chi connectivity index (χ2n) is 2.83. The van der Waals surface area contributed by atoms with Crippen LogP contribution in [0.25, 0.3) is 5.69 Å². The highest BCUT2D eigenvalue weighted by atomic mass is 32.2. The van der Waals surface area contributed by atoms with Crippen molar-refractivity contribution in [3.05, 3.63) is 36.5 Å². The lowest BCUT2D eigenvalue weighted by atomic mass is 10.4. The van der Waals surface area contributed by atoms with Crippen LogP contribution in [0, 0.1) is 0 Å². The highest BCUT2D eigenvalue weighted by Gasteiger charge is 2.16. The molecule has 64 valence electrons. The largest absolute Gasteiger partial charge is 0.300 e. The zero-order valence-electron chi connectivity index (χ0n) is 6.84. The Labute approximate surface area is 79.8 Å². The number of thioether (sulfide) groups is 1. The quantitative estimate of drug-likeness (QED) is 0.634. The van der Waals surface area contributed by atoms with E-state index >= 15 is 0 Å². The molecule has 3 nitrogen and oxygen atoms in total. The summed E-state index contributed by atoms with van der Waals surface area (Å²) >= 11 is 1.74. The van der Waals surface area contributed by atoms with Crippen molar-refractivity contribution in [1.82, 2.24) is 14.5 Å². The molecule has 0 saturated carbocycles. The van der Waals surface area contributed by atoms with Crippen LogP contribution >= 0.6 is 11.8 Å². The average Bonchev–Trinajstić information content (AvgIpc) is 2.65. The topological polar surface area (TPSA) is 30.7 Å². The van der Waals surface area contributed by atoms with E-state index in [2.05, 4.69) is 20.6 Å². The van der Waals surface area contributed by atoms with Crippen molar-refractivity contribution < 1.29 is 0 Å². The van der Waals surface area contributed by atoms with Crippen molar-refractivity contribution in [3.8, 4) is 5.69 Å². The Morgan fingerprint density at radius 1 is 1.31 bits per heavy atom. The van der Waals surface area contributed by atoms with Crippen LogP contribution < -0.4 is 0 Å². The summed E-state index contributed by atoms with van der Waals surface area (Å²) in [5.41, 5.74) is 1.14. The second kappa shape index (κ2) is 2.60. The molecule has 0 aromatic carbocycles. The minimum absolute atomic E-state index is 0.914. The number of fused-ring (bicyclic) bond motifs is 3. The lowest BCUT2D eigenvalue weighted by molar-refractivity contribution is 0.890. The molecule has 0 spiro atoms. The van der Waals surface area contributed by atoms with Crippen LogP contribution in [0.2, 0.25) is 0 Å². The number of imidazole rings is 1. The van der Waals surface area contributed by atoms with Gasteiger partial charge < -0.3 is 4.57 Å². The Balaban J connectivity index is 2.30. The molecule has 0 saturated heterocycles. The Bertz CT molecular complexity index is 450. The summed E-state index contributed by atoms with van der Waals surface area (Å²) in [6, 6.07) is 4.02. The SMILES string of the molecule is c1cnc2c(c1)-n1ccnc1CS2. The zero-order valence-corrected chi connectivity index (χ0v) is 7.66. The second-order valence-corrected chi connectivity index (χ2v) is 3.79. The summed E-state index contributed by atoms with van der Waals surface area (Å²) < 4.78 is 2.10. The van der Waals surface area contributed by atoms with Gasteiger partial charge in [-0.05, 0) is 12.1 Å². The van der Waals surface area contributed by atoms with Crippen LogP contribution in [0.4, 0.5) is 0 Å². The van der Waals surface area contributed by atoms with Crippen molar-refractivity contribution >= 4 is 11.8 Å². The van der Waals surface area contributed by atoms with E-state index in [1.807, 2.05) is 24.7 Å². The average molecular weight is 189 g/mol. The summed E-state index contributed by atoms with van der Waals surface area (Å²) in [6.45, 7) is 0. The van der Waals surface area contributed by atoms with Crippen molar-refractivity contribution in [2.45, 2.75) is 10.8 Å². The third-order valence-corrected chi connectivity index (χ3v) is 3.06.